The van der Waals surface area contributed by atoms with Crippen molar-refractivity contribution in [3.63, 3.8) is 0 Å². The second-order valence-electron chi connectivity index (χ2n) is 3.67. The van der Waals surface area contributed by atoms with Crippen LogP contribution in [0.25, 0.3) is 11.4 Å². The minimum atomic E-state index is -4.66. The minimum absolute atomic E-state index is 0.355. The smallest absolute Gasteiger partial charge is 0.418 e. The zero-order chi connectivity index (χ0) is 14.9. The zero-order valence-corrected chi connectivity index (χ0v) is 9.68. The van der Waals surface area contributed by atoms with Crippen LogP contribution in [0, 0.1) is 0 Å². The fourth-order valence-corrected chi connectivity index (χ4v) is 1.50. The monoisotopic (exact) mass is 283 g/mol. The van der Waals surface area contributed by atoms with E-state index >= 15 is 0 Å². The van der Waals surface area contributed by atoms with Gasteiger partial charge in [0.25, 0.3) is 0 Å². The maximum atomic E-state index is 12.8. The molecule has 2 aromatic heterocycles. The lowest BCUT2D eigenvalue weighted by Gasteiger charge is -2.12. The molecule has 2 N–H and O–H groups in total. The van der Waals surface area contributed by atoms with Gasteiger partial charge in [-0.05, 0) is 12.1 Å². The fourth-order valence-electron chi connectivity index (χ4n) is 1.50. The summed E-state index contributed by atoms with van der Waals surface area (Å²) in [6.45, 7) is 0. The number of rotatable bonds is 2. The third-order valence-electron chi connectivity index (χ3n) is 2.35. The van der Waals surface area contributed by atoms with Crippen molar-refractivity contribution >= 4 is 11.8 Å². The summed E-state index contributed by atoms with van der Waals surface area (Å²) in [6, 6.07) is 1.91. The van der Waals surface area contributed by atoms with E-state index < -0.39 is 34.9 Å². The number of aromatic nitrogens is 3. The Bertz CT molecular complexity index is 673. The van der Waals surface area contributed by atoms with Crippen molar-refractivity contribution in [2.45, 2.75) is 6.18 Å². The lowest BCUT2D eigenvalue weighted by molar-refractivity contribution is -0.255. The second kappa shape index (κ2) is 4.76. The largest absolute Gasteiger partial charge is 0.543 e. The van der Waals surface area contributed by atoms with Gasteiger partial charge in [-0.3, -0.25) is 4.98 Å². The number of carbonyl (C=O) groups is 1. The van der Waals surface area contributed by atoms with Crippen molar-refractivity contribution in [2.75, 3.05) is 5.73 Å². The van der Waals surface area contributed by atoms with Gasteiger partial charge in [0.1, 0.15) is 17.1 Å². The molecule has 2 rings (SSSR count). The molecule has 104 valence electrons. The maximum absolute atomic E-state index is 12.8. The third-order valence-corrected chi connectivity index (χ3v) is 2.35. The van der Waals surface area contributed by atoms with Crippen LogP contribution in [0.15, 0.2) is 24.5 Å². The fraction of sp³-hybridized carbons (Fsp3) is 0.0909. The summed E-state index contributed by atoms with van der Waals surface area (Å²) in [4.78, 5) is 21.3. The van der Waals surface area contributed by atoms with Crippen molar-refractivity contribution in [1.29, 1.82) is 0 Å². The number of nitrogens with two attached hydrogens (primary N) is 1. The molecule has 20 heavy (non-hydrogen) atoms. The van der Waals surface area contributed by atoms with Crippen molar-refractivity contribution in [3.05, 3.63) is 35.8 Å². The molecule has 2 heterocycles. The number of pyridine rings is 1. The quantitative estimate of drug-likeness (QED) is 0.860. The molecule has 2 aromatic rings. The number of carboxylic acids is 1. The molecule has 0 fully saturated rings. The summed E-state index contributed by atoms with van der Waals surface area (Å²) >= 11 is 0. The molecule has 0 saturated heterocycles. The van der Waals surface area contributed by atoms with Gasteiger partial charge >= 0.3 is 6.18 Å². The number of carbonyl (C=O) groups excluding carboxylic acids is 1. The minimum Gasteiger partial charge on any atom is -0.543 e. The lowest BCUT2D eigenvalue weighted by atomic mass is 10.1. The number of nitrogen functional groups attached to an aromatic ring is 1. The van der Waals surface area contributed by atoms with E-state index in [1.807, 2.05) is 0 Å². The molecule has 0 aromatic carbocycles. The van der Waals surface area contributed by atoms with Crippen LogP contribution in [0.3, 0.4) is 0 Å². The highest BCUT2D eigenvalue weighted by molar-refractivity contribution is 5.89. The predicted octanol–water partition coefficient (Wildman–Crippen LogP) is 0.503. The van der Waals surface area contributed by atoms with Gasteiger partial charge in [-0.1, -0.05) is 0 Å². The van der Waals surface area contributed by atoms with Gasteiger partial charge in [0.15, 0.2) is 5.82 Å². The van der Waals surface area contributed by atoms with Gasteiger partial charge in [0.05, 0.1) is 17.7 Å². The van der Waals surface area contributed by atoms with Crippen molar-refractivity contribution in [1.82, 2.24) is 15.0 Å². The molecule has 0 unspecified atom stereocenters. The van der Waals surface area contributed by atoms with Gasteiger partial charge in [-0.15, -0.1) is 0 Å². The predicted molar refractivity (Wildman–Crippen MR) is 59.0 cm³/mol. The Hall–Kier alpha value is -2.71. The highest BCUT2D eigenvalue weighted by Crippen LogP contribution is 2.34. The molecule has 0 spiro atoms. The van der Waals surface area contributed by atoms with Crippen molar-refractivity contribution in [3.8, 4) is 11.4 Å². The Morgan fingerprint density at radius 3 is 2.60 bits per heavy atom. The Morgan fingerprint density at radius 1 is 1.30 bits per heavy atom. The van der Waals surface area contributed by atoms with Crippen LogP contribution in [-0.2, 0) is 6.18 Å². The first-order valence-electron chi connectivity index (χ1n) is 5.17. The van der Waals surface area contributed by atoms with E-state index in [1.165, 1.54) is 0 Å². The van der Waals surface area contributed by atoms with Crippen LogP contribution in [0.4, 0.5) is 19.0 Å². The first-order chi connectivity index (χ1) is 9.30. The second-order valence-corrected chi connectivity index (χ2v) is 3.67. The van der Waals surface area contributed by atoms with Crippen LogP contribution in [0.5, 0.6) is 0 Å². The summed E-state index contributed by atoms with van der Waals surface area (Å²) < 4.78 is 38.5. The van der Waals surface area contributed by atoms with Crippen LogP contribution in [0.1, 0.15) is 16.1 Å². The normalized spacial score (nSPS) is 11.3. The summed E-state index contributed by atoms with van der Waals surface area (Å²) in [7, 11) is 0. The van der Waals surface area contributed by atoms with E-state index in [2.05, 4.69) is 15.0 Å². The standard InChI is InChI=1S/C11H7F3N4O2/c12-11(13,14)5-2-1-3-16-7(5)6-4-17-9(15)8(18-6)10(19)20/h1-4H,(H2,15,17)(H,19,20)/p-1. The molecule has 0 saturated carbocycles. The van der Waals surface area contributed by atoms with Crippen LogP contribution >= 0.6 is 0 Å². The molecule has 0 aliphatic heterocycles. The average molecular weight is 283 g/mol. The van der Waals surface area contributed by atoms with E-state index in [9.17, 15) is 23.1 Å². The summed E-state index contributed by atoms with van der Waals surface area (Å²) in [5.41, 5.74) is 2.58. The van der Waals surface area contributed by atoms with Crippen molar-refractivity contribution < 1.29 is 23.1 Å². The molecule has 0 amide bonds. The number of halogens is 3. The number of aromatic carboxylic acids is 1. The number of hydrogen-bond acceptors (Lipinski definition) is 6. The average Bonchev–Trinajstić information content (AvgIpc) is 2.38. The van der Waals surface area contributed by atoms with Crippen LogP contribution in [-0.4, -0.2) is 20.9 Å². The van der Waals surface area contributed by atoms with E-state index in [-0.39, 0.29) is 5.69 Å². The summed E-state index contributed by atoms with van der Waals surface area (Å²) in [6.07, 6.45) is -2.62. The van der Waals surface area contributed by atoms with Crippen LogP contribution in [0.2, 0.25) is 0 Å². The lowest BCUT2D eigenvalue weighted by Crippen LogP contribution is -2.25. The molecule has 6 nitrogen and oxygen atoms in total. The Labute approximate surface area is 110 Å². The number of anilines is 1. The molecule has 0 radical (unpaired) electrons. The van der Waals surface area contributed by atoms with E-state index in [1.54, 1.807) is 0 Å². The van der Waals surface area contributed by atoms with Gasteiger partial charge < -0.3 is 15.6 Å². The van der Waals surface area contributed by atoms with Gasteiger partial charge in [0, 0.05) is 6.20 Å². The molecule has 0 bridgehead atoms. The van der Waals surface area contributed by atoms with Gasteiger partial charge in [0.2, 0.25) is 0 Å². The molecule has 0 aliphatic rings. The molecule has 0 aliphatic carbocycles. The van der Waals surface area contributed by atoms with E-state index in [0.717, 1.165) is 24.5 Å². The first kappa shape index (κ1) is 13.7. The molecular formula is C11H6F3N4O2-. The first-order valence-corrected chi connectivity index (χ1v) is 5.17. The number of carboxylic acid groups (broad SMARTS) is 1. The molecular weight excluding hydrogens is 277 g/mol. The molecule has 0 atom stereocenters. The third kappa shape index (κ3) is 2.51. The Kier molecular flexibility index (Phi) is 3.26. The highest BCUT2D eigenvalue weighted by Gasteiger charge is 2.34. The topological polar surface area (TPSA) is 105 Å². The van der Waals surface area contributed by atoms with E-state index in [4.69, 9.17) is 5.73 Å². The zero-order valence-electron chi connectivity index (χ0n) is 9.68. The Morgan fingerprint density at radius 2 is 2.00 bits per heavy atom. The van der Waals surface area contributed by atoms with Gasteiger partial charge in [-0.25, -0.2) is 9.97 Å². The number of alkyl halides is 3. The number of hydrogen-bond donors (Lipinski definition) is 1. The Balaban J connectivity index is 2.64. The van der Waals surface area contributed by atoms with E-state index in [0.29, 0.717) is 0 Å². The van der Waals surface area contributed by atoms with Crippen molar-refractivity contribution in [2.24, 2.45) is 0 Å². The highest BCUT2D eigenvalue weighted by atomic mass is 19.4. The number of nitrogens with zero attached hydrogens (tertiary/aromatic N) is 3. The van der Waals surface area contributed by atoms with Gasteiger partial charge in [-0.2, -0.15) is 13.2 Å². The SMILES string of the molecule is Nc1ncc(-c2ncccc2C(F)(F)F)nc1C(=O)[O-]. The maximum Gasteiger partial charge on any atom is 0.418 e. The van der Waals surface area contributed by atoms with Crippen LogP contribution < -0.4 is 10.8 Å². The summed E-state index contributed by atoms with van der Waals surface area (Å²) in [5, 5.41) is 10.8. The summed E-state index contributed by atoms with van der Waals surface area (Å²) in [5.74, 6) is -2.18. The molecule has 9 heteroatoms.